The average Bonchev–Trinajstić information content (AvgIpc) is 2.63. The van der Waals surface area contributed by atoms with Crippen LogP contribution in [0.3, 0.4) is 0 Å². The predicted molar refractivity (Wildman–Crippen MR) is 96.9 cm³/mol. The maximum Gasteiger partial charge on any atom is 0.354 e. The number of hydrogen-bond donors (Lipinski definition) is 2. The molecule has 2 N–H and O–H groups in total. The zero-order valence-corrected chi connectivity index (χ0v) is 14.5. The summed E-state index contributed by atoms with van der Waals surface area (Å²) in [5.41, 5.74) is 2.05. The van der Waals surface area contributed by atoms with Gasteiger partial charge in [0.1, 0.15) is 5.70 Å². The van der Waals surface area contributed by atoms with E-state index in [0.717, 1.165) is 11.8 Å². The Balaban J connectivity index is 2.29. The zero-order chi connectivity index (χ0) is 18.2. The van der Waals surface area contributed by atoms with E-state index in [1.165, 1.54) is 14.2 Å². The van der Waals surface area contributed by atoms with Gasteiger partial charge in [-0.2, -0.15) is 0 Å². The first kappa shape index (κ1) is 18.4. The Labute approximate surface area is 150 Å². The quantitative estimate of drug-likeness (QED) is 0.604. The van der Waals surface area contributed by atoms with Crippen LogP contribution in [-0.4, -0.2) is 26.2 Å². The molecule has 7 heteroatoms. The Hall–Kier alpha value is -2.99. The van der Waals surface area contributed by atoms with Crippen molar-refractivity contribution in [1.82, 2.24) is 0 Å². The molecule has 0 saturated heterocycles. The number of ether oxygens (including phenoxy) is 2. The minimum Gasteiger partial charge on any atom is -0.466 e. The standard InChI is InChI=1S/C18H17ClN2O4/c1-24-17(22)11-16(18(23)25-2)21-15-6-4-3-5-14(15)20-13-9-7-12(19)8-10-13/h3-11,20-21H,1-2H3/b16-11+. The lowest BCUT2D eigenvalue weighted by atomic mass is 10.2. The molecule has 0 bridgehead atoms. The van der Waals surface area contributed by atoms with Crippen molar-refractivity contribution in [3.8, 4) is 0 Å². The molecule has 2 aromatic rings. The van der Waals surface area contributed by atoms with Gasteiger partial charge < -0.3 is 20.1 Å². The van der Waals surface area contributed by atoms with Gasteiger partial charge in [0.2, 0.25) is 0 Å². The number of hydrogen-bond acceptors (Lipinski definition) is 6. The summed E-state index contributed by atoms with van der Waals surface area (Å²) in [6.07, 6.45) is 1.03. The molecule has 0 aliphatic carbocycles. The smallest absolute Gasteiger partial charge is 0.354 e. The van der Waals surface area contributed by atoms with Crippen molar-refractivity contribution in [1.29, 1.82) is 0 Å². The van der Waals surface area contributed by atoms with Crippen LogP contribution in [-0.2, 0) is 19.1 Å². The van der Waals surface area contributed by atoms with Crippen LogP contribution in [0.4, 0.5) is 17.1 Å². The van der Waals surface area contributed by atoms with Crippen LogP contribution in [0.2, 0.25) is 5.02 Å². The van der Waals surface area contributed by atoms with Gasteiger partial charge in [-0.1, -0.05) is 23.7 Å². The number of esters is 2. The molecule has 0 spiro atoms. The van der Waals surface area contributed by atoms with E-state index in [2.05, 4.69) is 20.1 Å². The van der Waals surface area contributed by atoms with Gasteiger partial charge in [-0.25, -0.2) is 9.59 Å². The van der Waals surface area contributed by atoms with Crippen molar-refractivity contribution in [2.75, 3.05) is 24.9 Å². The summed E-state index contributed by atoms with van der Waals surface area (Å²) in [4.78, 5) is 23.3. The highest BCUT2D eigenvalue weighted by molar-refractivity contribution is 6.30. The van der Waals surface area contributed by atoms with Gasteiger partial charge in [0, 0.05) is 10.7 Å². The topological polar surface area (TPSA) is 76.7 Å². The second-order valence-corrected chi connectivity index (χ2v) is 5.31. The van der Waals surface area contributed by atoms with E-state index in [-0.39, 0.29) is 5.70 Å². The molecule has 0 amide bonds. The first-order valence-corrected chi connectivity index (χ1v) is 7.68. The number of methoxy groups -OCH3 is 2. The molecule has 6 nitrogen and oxygen atoms in total. The number of anilines is 3. The molecule has 25 heavy (non-hydrogen) atoms. The molecule has 0 aliphatic heterocycles. The lowest BCUT2D eigenvalue weighted by Crippen LogP contribution is -2.16. The highest BCUT2D eigenvalue weighted by atomic mass is 35.5. The van der Waals surface area contributed by atoms with Gasteiger partial charge >= 0.3 is 11.9 Å². The predicted octanol–water partition coefficient (Wildman–Crippen LogP) is 3.73. The third-order valence-corrected chi connectivity index (χ3v) is 3.44. The summed E-state index contributed by atoms with van der Waals surface area (Å²) in [6, 6.07) is 14.4. The molecule has 0 heterocycles. The minimum absolute atomic E-state index is 0.0419. The Kier molecular flexibility index (Phi) is 6.42. The third-order valence-electron chi connectivity index (χ3n) is 3.19. The molecule has 0 aromatic heterocycles. The number of carbonyl (C=O) groups excluding carboxylic acids is 2. The molecule has 2 rings (SSSR count). The molecule has 0 radical (unpaired) electrons. The van der Waals surface area contributed by atoms with Gasteiger partial charge in [0.15, 0.2) is 0 Å². The molecular weight excluding hydrogens is 344 g/mol. The van der Waals surface area contributed by atoms with Crippen molar-refractivity contribution in [2.45, 2.75) is 0 Å². The van der Waals surface area contributed by atoms with Crippen LogP contribution in [0.25, 0.3) is 0 Å². The minimum atomic E-state index is -0.688. The van der Waals surface area contributed by atoms with Crippen molar-refractivity contribution in [3.05, 3.63) is 65.3 Å². The monoisotopic (exact) mass is 360 g/mol. The van der Waals surface area contributed by atoms with Crippen molar-refractivity contribution in [3.63, 3.8) is 0 Å². The summed E-state index contributed by atoms with van der Waals surface area (Å²) in [6.45, 7) is 0. The van der Waals surface area contributed by atoms with E-state index in [1.807, 2.05) is 24.3 Å². The van der Waals surface area contributed by atoms with Crippen LogP contribution < -0.4 is 10.6 Å². The lowest BCUT2D eigenvalue weighted by Gasteiger charge is -2.15. The normalized spacial score (nSPS) is 10.8. The van der Waals surface area contributed by atoms with E-state index in [1.54, 1.807) is 24.3 Å². The van der Waals surface area contributed by atoms with E-state index < -0.39 is 11.9 Å². The molecule has 0 atom stereocenters. The van der Waals surface area contributed by atoms with Crippen LogP contribution >= 0.6 is 11.6 Å². The maximum atomic E-state index is 11.9. The molecule has 130 valence electrons. The fourth-order valence-electron chi connectivity index (χ4n) is 1.97. The fraction of sp³-hybridized carbons (Fsp3) is 0.111. The van der Waals surface area contributed by atoms with Gasteiger partial charge in [0.05, 0.1) is 31.7 Å². The summed E-state index contributed by atoms with van der Waals surface area (Å²) in [5, 5.41) is 6.74. The first-order chi connectivity index (χ1) is 12.0. The fourth-order valence-corrected chi connectivity index (χ4v) is 2.09. The SMILES string of the molecule is COC(=O)/C=C(/Nc1ccccc1Nc1ccc(Cl)cc1)C(=O)OC. The van der Waals surface area contributed by atoms with Gasteiger partial charge in [-0.15, -0.1) is 0 Å². The van der Waals surface area contributed by atoms with Gasteiger partial charge in [-0.05, 0) is 36.4 Å². The number of carbonyl (C=O) groups is 2. The molecule has 0 fully saturated rings. The maximum absolute atomic E-state index is 11.9. The molecular formula is C18H17ClN2O4. The lowest BCUT2D eigenvalue weighted by molar-refractivity contribution is -0.138. The Morgan fingerprint density at radius 3 is 2.20 bits per heavy atom. The third kappa shape index (κ3) is 5.26. The zero-order valence-electron chi connectivity index (χ0n) is 13.7. The van der Waals surface area contributed by atoms with Crippen molar-refractivity contribution < 1.29 is 19.1 Å². The van der Waals surface area contributed by atoms with Crippen molar-refractivity contribution >= 4 is 40.6 Å². The van der Waals surface area contributed by atoms with Gasteiger partial charge in [-0.3, -0.25) is 0 Å². The number of nitrogens with one attached hydrogen (secondary N) is 2. The second-order valence-electron chi connectivity index (χ2n) is 4.88. The highest BCUT2D eigenvalue weighted by Crippen LogP contribution is 2.27. The Morgan fingerprint density at radius 1 is 0.960 bits per heavy atom. The Morgan fingerprint density at radius 2 is 1.60 bits per heavy atom. The molecule has 0 aliphatic rings. The summed E-state index contributed by atoms with van der Waals surface area (Å²) >= 11 is 5.89. The molecule has 2 aromatic carbocycles. The van der Waals surface area contributed by atoms with E-state index in [4.69, 9.17) is 11.6 Å². The van der Waals surface area contributed by atoms with Crippen LogP contribution in [0.1, 0.15) is 0 Å². The van der Waals surface area contributed by atoms with E-state index in [0.29, 0.717) is 16.4 Å². The summed E-state index contributed by atoms with van der Waals surface area (Å²) in [5.74, 6) is -1.36. The van der Waals surface area contributed by atoms with Crippen LogP contribution in [0, 0.1) is 0 Å². The first-order valence-electron chi connectivity index (χ1n) is 7.30. The van der Waals surface area contributed by atoms with Crippen molar-refractivity contribution in [2.24, 2.45) is 0 Å². The summed E-state index contributed by atoms with van der Waals surface area (Å²) < 4.78 is 9.25. The van der Waals surface area contributed by atoms with Crippen LogP contribution in [0.5, 0.6) is 0 Å². The molecule has 0 unspecified atom stereocenters. The van der Waals surface area contributed by atoms with Crippen LogP contribution in [0.15, 0.2) is 60.3 Å². The highest BCUT2D eigenvalue weighted by Gasteiger charge is 2.14. The van der Waals surface area contributed by atoms with E-state index >= 15 is 0 Å². The Bertz CT molecular complexity index is 788. The van der Waals surface area contributed by atoms with Gasteiger partial charge in [0.25, 0.3) is 0 Å². The second kappa shape index (κ2) is 8.75. The average molecular weight is 361 g/mol. The number of para-hydroxylation sites is 2. The number of rotatable bonds is 6. The largest absolute Gasteiger partial charge is 0.466 e. The number of halogens is 1. The molecule has 0 saturated carbocycles. The number of benzene rings is 2. The van der Waals surface area contributed by atoms with E-state index in [9.17, 15) is 9.59 Å². The summed E-state index contributed by atoms with van der Waals surface area (Å²) in [7, 11) is 2.46.